The number of piperidine rings is 1. The minimum Gasteiger partial charge on any atom is -0.508 e. The molecule has 3 aromatic rings. The normalized spacial score (nSPS) is 20.2. The number of carbonyl (C=O) groups excluding carboxylic acids is 2. The van der Waals surface area contributed by atoms with Crippen LogP contribution in [-0.2, 0) is 32.8 Å². The maximum absolute atomic E-state index is 13.3. The predicted octanol–water partition coefficient (Wildman–Crippen LogP) is 5.10. The third-order valence-corrected chi connectivity index (χ3v) is 8.12. The van der Waals surface area contributed by atoms with Gasteiger partial charge in [0.25, 0.3) is 0 Å². The molecule has 0 radical (unpaired) electrons. The van der Waals surface area contributed by atoms with Crippen LogP contribution in [0, 0.1) is 11.8 Å². The third kappa shape index (κ3) is 7.93. The van der Waals surface area contributed by atoms with Crippen LogP contribution in [0.1, 0.15) is 43.4 Å². The number of carbonyl (C=O) groups is 2. The zero-order valence-corrected chi connectivity index (χ0v) is 23.0. The van der Waals surface area contributed by atoms with Crippen LogP contribution < -0.4 is 5.32 Å². The lowest BCUT2D eigenvalue weighted by Crippen LogP contribution is -2.50. The van der Waals surface area contributed by atoms with Gasteiger partial charge in [0, 0.05) is 19.6 Å². The van der Waals surface area contributed by atoms with Crippen LogP contribution in [-0.4, -0.2) is 48.1 Å². The Balaban J connectivity index is 1.33. The molecule has 6 heteroatoms. The molecule has 3 unspecified atom stereocenters. The number of nitrogens with one attached hydrogen (secondary N) is 1. The molecule has 1 fully saturated rings. The number of phenolic OH excluding ortho intramolecular Hbond substituents is 1. The maximum Gasteiger partial charge on any atom is 0.307 e. The number of hydrogen-bond donors (Lipinski definition) is 2. The van der Waals surface area contributed by atoms with E-state index in [2.05, 4.69) is 42.3 Å². The second kappa shape index (κ2) is 13.4. The van der Waals surface area contributed by atoms with E-state index in [1.165, 1.54) is 0 Å². The fourth-order valence-corrected chi connectivity index (χ4v) is 5.47. The molecule has 1 aliphatic heterocycles. The minimum absolute atomic E-state index is 0.0352. The summed E-state index contributed by atoms with van der Waals surface area (Å²) in [6.45, 7) is 7.41. The molecule has 2 N–H and O–H groups in total. The second-order valence-electron chi connectivity index (χ2n) is 11.0. The van der Waals surface area contributed by atoms with Crippen molar-refractivity contribution in [1.29, 1.82) is 0 Å². The topological polar surface area (TPSA) is 78.9 Å². The molecule has 4 rings (SSSR count). The van der Waals surface area contributed by atoms with Crippen molar-refractivity contribution in [3.63, 3.8) is 0 Å². The van der Waals surface area contributed by atoms with Gasteiger partial charge in [-0.2, -0.15) is 0 Å². The van der Waals surface area contributed by atoms with E-state index in [0.717, 1.165) is 36.2 Å². The Labute approximate surface area is 232 Å². The zero-order valence-electron chi connectivity index (χ0n) is 23.0. The lowest BCUT2D eigenvalue weighted by molar-refractivity contribution is -0.144. The van der Waals surface area contributed by atoms with Crippen molar-refractivity contribution in [1.82, 2.24) is 10.2 Å². The Morgan fingerprint density at radius 3 is 2.38 bits per heavy atom. The molecule has 1 aliphatic rings. The van der Waals surface area contributed by atoms with Crippen LogP contribution in [0.3, 0.4) is 0 Å². The Morgan fingerprint density at radius 1 is 1.03 bits per heavy atom. The molecule has 0 aromatic heterocycles. The molecule has 1 heterocycles. The molecule has 1 saturated heterocycles. The minimum atomic E-state index is -0.324. The van der Waals surface area contributed by atoms with E-state index in [-0.39, 0.29) is 42.8 Å². The number of amides is 1. The Bertz CT molecular complexity index is 1220. The molecule has 3 aromatic carbocycles. The van der Waals surface area contributed by atoms with Gasteiger partial charge in [-0.05, 0) is 59.5 Å². The van der Waals surface area contributed by atoms with E-state index in [1.807, 2.05) is 60.7 Å². The van der Waals surface area contributed by atoms with Crippen molar-refractivity contribution in [3.05, 3.63) is 102 Å². The first kappa shape index (κ1) is 28.4. The van der Waals surface area contributed by atoms with Gasteiger partial charge in [-0.25, -0.2) is 0 Å². The smallest absolute Gasteiger partial charge is 0.307 e. The van der Waals surface area contributed by atoms with Gasteiger partial charge in [-0.3, -0.25) is 9.59 Å². The second-order valence-corrected chi connectivity index (χ2v) is 11.0. The zero-order chi connectivity index (χ0) is 27.7. The van der Waals surface area contributed by atoms with E-state index in [1.54, 1.807) is 6.07 Å². The summed E-state index contributed by atoms with van der Waals surface area (Å²) in [7, 11) is 0. The van der Waals surface area contributed by atoms with Gasteiger partial charge in [0.1, 0.15) is 12.4 Å². The Kier molecular flexibility index (Phi) is 9.77. The molecular formula is C33H40N2O4. The lowest BCUT2D eigenvalue weighted by Gasteiger charge is -2.45. The fourth-order valence-electron chi connectivity index (χ4n) is 5.47. The number of likely N-dealkylation sites (tertiary alicyclic amines) is 1. The maximum atomic E-state index is 13.3. The number of aromatic hydroxyl groups is 1. The van der Waals surface area contributed by atoms with Crippen LogP contribution in [0.25, 0.3) is 0 Å². The fraction of sp³-hybridized carbons (Fsp3) is 0.394. The summed E-state index contributed by atoms with van der Waals surface area (Å²) in [4.78, 5) is 27.9. The molecule has 1 amide bonds. The summed E-state index contributed by atoms with van der Waals surface area (Å²) in [6.07, 6.45) is 1.73. The highest BCUT2D eigenvalue weighted by molar-refractivity contribution is 5.80. The van der Waals surface area contributed by atoms with Crippen molar-refractivity contribution in [3.8, 4) is 5.75 Å². The number of esters is 1. The average Bonchev–Trinajstić information content (AvgIpc) is 2.94. The van der Waals surface area contributed by atoms with E-state index >= 15 is 0 Å². The van der Waals surface area contributed by atoms with Gasteiger partial charge in [0.05, 0.1) is 12.3 Å². The van der Waals surface area contributed by atoms with E-state index in [4.69, 9.17) is 4.74 Å². The molecule has 0 bridgehead atoms. The standard InChI is InChI=1S/C33H40N2O4/c1-25-22-35(19-17-33(25,2)29-14-9-15-30(36)21-29)23-28(20-26-10-5-3-6-11-26)32(38)34-18-16-31(37)39-24-27-12-7-4-8-13-27/h3-15,21,25,28,36H,16-20,22-24H2,1-2H3,(H,34,38). The number of nitrogens with zero attached hydrogens (tertiary/aromatic N) is 1. The molecular weight excluding hydrogens is 488 g/mol. The van der Waals surface area contributed by atoms with E-state index < -0.39 is 0 Å². The molecule has 3 atom stereocenters. The first-order chi connectivity index (χ1) is 18.8. The number of benzene rings is 3. The average molecular weight is 529 g/mol. The Morgan fingerprint density at radius 2 is 1.72 bits per heavy atom. The summed E-state index contributed by atoms with van der Waals surface area (Å²) in [5, 5.41) is 13.0. The summed E-state index contributed by atoms with van der Waals surface area (Å²) < 4.78 is 5.35. The third-order valence-electron chi connectivity index (χ3n) is 8.12. The molecule has 0 spiro atoms. The first-order valence-electron chi connectivity index (χ1n) is 13.9. The van der Waals surface area contributed by atoms with E-state index in [0.29, 0.717) is 24.6 Å². The summed E-state index contributed by atoms with van der Waals surface area (Å²) >= 11 is 0. The SMILES string of the molecule is CC1CN(CC(Cc2ccccc2)C(=O)NCCC(=O)OCc2ccccc2)CCC1(C)c1cccc(O)c1. The molecule has 6 nitrogen and oxygen atoms in total. The number of hydrogen-bond acceptors (Lipinski definition) is 5. The van der Waals surface area contributed by atoms with Crippen LogP contribution in [0.4, 0.5) is 0 Å². The van der Waals surface area contributed by atoms with Crippen molar-refractivity contribution < 1.29 is 19.4 Å². The number of rotatable bonds is 11. The van der Waals surface area contributed by atoms with Crippen molar-refractivity contribution in [2.24, 2.45) is 11.8 Å². The van der Waals surface area contributed by atoms with Gasteiger partial charge in [0.2, 0.25) is 5.91 Å². The molecule has 206 valence electrons. The highest BCUT2D eigenvalue weighted by Crippen LogP contribution is 2.40. The monoisotopic (exact) mass is 528 g/mol. The van der Waals surface area contributed by atoms with Crippen LogP contribution in [0.5, 0.6) is 5.75 Å². The molecule has 0 saturated carbocycles. The largest absolute Gasteiger partial charge is 0.508 e. The highest BCUT2D eigenvalue weighted by Gasteiger charge is 2.39. The predicted molar refractivity (Wildman–Crippen MR) is 153 cm³/mol. The van der Waals surface area contributed by atoms with E-state index in [9.17, 15) is 14.7 Å². The van der Waals surface area contributed by atoms with Crippen LogP contribution in [0.2, 0.25) is 0 Å². The van der Waals surface area contributed by atoms with Crippen molar-refractivity contribution in [2.75, 3.05) is 26.2 Å². The van der Waals surface area contributed by atoms with Gasteiger partial charge >= 0.3 is 5.97 Å². The first-order valence-corrected chi connectivity index (χ1v) is 13.9. The van der Waals surface area contributed by atoms with Gasteiger partial charge in [-0.1, -0.05) is 86.6 Å². The summed E-state index contributed by atoms with van der Waals surface area (Å²) in [5.41, 5.74) is 3.18. The number of ether oxygens (including phenoxy) is 1. The van der Waals surface area contributed by atoms with Gasteiger partial charge < -0.3 is 20.1 Å². The van der Waals surface area contributed by atoms with Gasteiger partial charge in [-0.15, -0.1) is 0 Å². The van der Waals surface area contributed by atoms with Crippen LogP contribution in [0.15, 0.2) is 84.9 Å². The van der Waals surface area contributed by atoms with Crippen LogP contribution >= 0.6 is 0 Å². The Hall–Kier alpha value is -3.64. The lowest BCUT2D eigenvalue weighted by atomic mass is 9.68. The highest BCUT2D eigenvalue weighted by atomic mass is 16.5. The molecule has 39 heavy (non-hydrogen) atoms. The van der Waals surface area contributed by atoms with Crippen molar-refractivity contribution in [2.45, 2.75) is 45.1 Å². The number of phenols is 1. The van der Waals surface area contributed by atoms with Crippen molar-refractivity contribution >= 4 is 11.9 Å². The summed E-state index contributed by atoms with van der Waals surface area (Å²) in [5.74, 6) is 0.0587. The summed E-state index contributed by atoms with van der Waals surface area (Å²) in [6, 6.07) is 27.2. The quantitative estimate of drug-likeness (QED) is 0.339. The molecule has 0 aliphatic carbocycles. The van der Waals surface area contributed by atoms with Gasteiger partial charge in [0.15, 0.2) is 0 Å².